The van der Waals surface area contributed by atoms with Gasteiger partial charge in [-0.2, -0.15) is 0 Å². The molecule has 2 aromatic rings. The highest BCUT2D eigenvalue weighted by molar-refractivity contribution is 9.10. The van der Waals surface area contributed by atoms with Crippen molar-refractivity contribution in [3.05, 3.63) is 69.4 Å². The molecule has 3 rings (SSSR count). The maximum atomic E-state index is 14.2. The molecule has 6 nitrogen and oxygen atoms in total. The third-order valence-electron chi connectivity index (χ3n) is 7.24. The molecule has 2 unspecified atom stereocenters. The molecule has 0 amide bonds. The van der Waals surface area contributed by atoms with Crippen molar-refractivity contribution in [2.45, 2.75) is 83.0 Å². The first kappa shape index (κ1) is 29.8. The molecule has 1 N–H and O–H groups in total. The summed E-state index contributed by atoms with van der Waals surface area (Å²) in [5.74, 6) is -0.378. The van der Waals surface area contributed by atoms with Crippen molar-refractivity contribution in [2.75, 3.05) is 6.61 Å². The second-order valence-electron chi connectivity index (χ2n) is 11.6. The van der Waals surface area contributed by atoms with E-state index in [1.807, 2.05) is 6.92 Å². The first-order chi connectivity index (χ1) is 16.9. The van der Waals surface area contributed by atoms with Gasteiger partial charge in [-0.3, -0.25) is 0 Å². The molecule has 0 radical (unpaired) electrons. The maximum Gasteiger partial charge on any atom is 0.299 e. The molecule has 0 aliphatic carbocycles. The van der Waals surface area contributed by atoms with Crippen LogP contribution in [0.3, 0.4) is 0 Å². The Morgan fingerprint density at radius 1 is 1.19 bits per heavy atom. The summed E-state index contributed by atoms with van der Waals surface area (Å²) in [6, 6.07) is 11.0. The summed E-state index contributed by atoms with van der Waals surface area (Å²) in [4.78, 5) is 4.69. The Morgan fingerprint density at radius 3 is 2.38 bits per heavy atom. The van der Waals surface area contributed by atoms with E-state index in [1.165, 1.54) is 12.1 Å². The van der Waals surface area contributed by atoms with Gasteiger partial charge in [-0.05, 0) is 86.3 Å². The van der Waals surface area contributed by atoms with E-state index in [2.05, 4.69) is 59.5 Å². The van der Waals surface area contributed by atoms with Crippen LogP contribution in [0.25, 0.3) is 0 Å². The number of halogens is 2. The molecule has 2 aromatic carbocycles. The minimum atomic E-state index is -3.88. The molecule has 1 heterocycles. The lowest BCUT2D eigenvalue weighted by Gasteiger charge is -2.39. The first-order valence-corrected chi connectivity index (χ1v) is 17.6. The van der Waals surface area contributed by atoms with E-state index < -0.39 is 35.2 Å². The number of nitrogens with zero attached hydrogens (tertiary/aromatic N) is 1. The van der Waals surface area contributed by atoms with Crippen molar-refractivity contribution in [3.8, 4) is 0 Å². The molecule has 10 heteroatoms. The van der Waals surface area contributed by atoms with Gasteiger partial charge in [0.15, 0.2) is 8.32 Å². The Hall–Kier alpha value is -1.75. The highest BCUT2D eigenvalue weighted by atomic mass is 79.9. The lowest BCUT2D eigenvalue weighted by Crippen LogP contribution is -2.53. The van der Waals surface area contributed by atoms with Crippen LogP contribution in [0.1, 0.15) is 69.0 Å². The average molecular weight is 614 g/mol. The fraction of sp³-hybridized carbons (Fsp3) is 0.519. The Labute approximate surface area is 230 Å². The summed E-state index contributed by atoms with van der Waals surface area (Å²) in [5, 5.41) is -0.902. The fourth-order valence-corrected chi connectivity index (χ4v) is 7.28. The van der Waals surface area contributed by atoms with E-state index in [9.17, 15) is 12.8 Å². The molecule has 1 aliphatic heterocycles. The second-order valence-corrected chi connectivity index (χ2v) is 19.1. The predicted octanol–water partition coefficient (Wildman–Crippen LogP) is 7.18. The summed E-state index contributed by atoms with van der Waals surface area (Å²) in [6.45, 7) is 16.6. The number of aliphatic imine (C=N–C) groups is 1. The maximum absolute atomic E-state index is 14.2. The number of sulfonamides is 1. The van der Waals surface area contributed by atoms with Crippen molar-refractivity contribution < 1.29 is 22.0 Å². The Kier molecular flexibility index (Phi) is 8.69. The highest BCUT2D eigenvalue weighted by Crippen LogP contribution is 2.40. The van der Waals surface area contributed by atoms with Crippen molar-refractivity contribution in [1.29, 1.82) is 0 Å². The summed E-state index contributed by atoms with van der Waals surface area (Å²) >= 11 is 3.39. The molecule has 0 spiro atoms. The van der Waals surface area contributed by atoms with Crippen molar-refractivity contribution >= 4 is 40.3 Å². The Bertz CT molecular complexity index is 1260. The molecular formula is C27H38BrFN2O4SSi. The number of nitrogens with one attached hydrogen (secondary N) is 1. The van der Waals surface area contributed by atoms with Gasteiger partial charge in [-0.25, -0.2) is 22.5 Å². The van der Waals surface area contributed by atoms with Crippen LogP contribution in [0.4, 0.5) is 4.39 Å². The van der Waals surface area contributed by atoms with E-state index >= 15 is 0 Å². The topological polar surface area (TPSA) is 77.0 Å². The molecule has 1 aliphatic rings. The standard InChI is InChI=1S/C27H38BrFN2O4SSi/c1-18-9-14-21(29)17-22(18)23(15-16-34-37(7,8)26(2,3)4)30-25-31-36(32,33)24(27(5,6)35-25)19-10-12-20(28)13-11-19/h9-14,17,23-24H,15-16H2,1-8H3,(H,30,31). The van der Waals surface area contributed by atoms with Crippen molar-refractivity contribution in [3.63, 3.8) is 0 Å². The number of ether oxygens (including phenoxy) is 1. The SMILES string of the molecule is Cc1ccc(F)cc1C(CCO[Si](C)(C)C(C)(C)C)N=C1NS(=O)(=O)C(c2ccc(Br)cc2)C(C)(C)O1. The first-order valence-electron chi connectivity index (χ1n) is 12.4. The highest BCUT2D eigenvalue weighted by Gasteiger charge is 2.48. The van der Waals surface area contributed by atoms with Gasteiger partial charge in [0.2, 0.25) is 10.0 Å². The van der Waals surface area contributed by atoms with Gasteiger partial charge in [-0.1, -0.05) is 54.9 Å². The van der Waals surface area contributed by atoms with Gasteiger partial charge >= 0.3 is 0 Å². The average Bonchev–Trinajstić information content (AvgIpc) is 2.73. The predicted molar refractivity (Wildman–Crippen MR) is 153 cm³/mol. The van der Waals surface area contributed by atoms with Gasteiger partial charge < -0.3 is 9.16 Å². The monoisotopic (exact) mass is 612 g/mol. The number of rotatable bonds is 7. The van der Waals surface area contributed by atoms with Gasteiger partial charge in [0.1, 0.15) is 16.7 Å². The molecule has 0 saturated carbocycles. The van der Waals surface area contributed by atoms with Crippen LogP contribution in [0.2, 0.25) is 18.1 Å². The molecule has 2 atom stereocenters. The van der Waals surface area contributed by atoms with Crippen LogP contribution in [0, 0.1) is 12.7 Å². The van der Waals surface area contributed by atoms with Crippen molar-refractivity contribution in [1.82, 2.24) is 4.72 Å². The van der Waals surface area contributed by atoms with E-state index in [0.29, 0.717) is 24.2 Å². The third-order valence-corrected chi connectivity index (χ3v) is 14.2. The Balaban J connectivity index is 1.95. The minimum Gasteiger partial charge on any atom is -0.457 e. The van der Waals surface area contributed by atoms with Crippen LogP contribution in [-0.4, -0.2) is 35.0 Å². The van der Waals surface area contributed by atoms with Crippen LogP contribution >= 0.6 is 15.9 Å². The molecule has 1 saturated heterocycles. The smallest absolute Gasteiger partial charge is 0.299 e. The number of amidine groups is 1. The van der Waals surface area contributed by atoms with Crippen LogP contribution < -0.4 is 4.72 Å². The number of hydrogen-bond donors (Lipinski definition) is 1. The third kappa shape index (κ3) is 7.02. The summed E-state index contributed by atoms with van der Waals surface area (Å²) in [7, 11) is -5.89. The zero-order chi connectivity index (χ0) is 27.8. The number of benzene rings is 2. The number of hydrogen-bond acceptors (Lipinski definition) is 5. The quantitative estimate of drug-likeness (QED) is 0.336. The molecule has 0 bridgehead atoms. The van der Waals surface area contributed by atoms with Crippen LogP contribution in [0.5, 0.6) is 0 Å². The van der Waals surface area contributed by atoms with E-state index in [4.69, 9.17) is 9.16 Å². The van der Waals surface area contributed by atoms with E-state index in [0.717, 1.165) is 10.0 Å². The Morgan fingerprint density at radius 2 is 1.81 bits per heavy atom. The van der Waals surface area contributed by atoms with Crippen LogP contribution in [-0.2, 0) is 19.2 Å². The normalized spacial score (nSPS) is 21.2. The molecule has 1 fully saturated rings. The summed E-state index contributed by atoms with van der Waals surface area (Å²) < 4.78 is 57.0. The zero-order valence-corrected chi connectivity index (χ0v) is 26.3. The van der Waals surface area contributed by atoms with Crippen molar-refractivity contribution in [2.24, 2.45) is 4.99 Å². The lowest BCUT2D eigenvalue weighted by molar-refractivity contribution is 0.0759. The van der Waals surface area contributed by atoms with Crippen LogP contribution in [0.15, 0.2) is 51.9 Å². The number of aryl methyl sites for hydroxylation is 1. The summed E-state index contributed by atoms with van der Waals surface area (Å²) in [6.07, 6.45) is 0.446. The molecule has 37 heavy (non-hydrogen) atoms. The van der Waals surface area contributed by atoms with Gasteiger partial charge in [-0.15, -0.1) is 0 Å². The fourth-order valence-electron chi connectivity index (χ4n) is 4.19. The molecule has 0 aromatic heterocycles. The molecular weight excluding hydrogens is 575 g/mol. The second kappa shape index (κ2) is 10.8. The van der Waals surface area contributed by atoms with Gasteiger partial charge in [0, 0.05) is 11.1 Å². The molecule has 204 valence electrons. The summed E-state index contributed by atoms with van der Waals surface area (Å²) in [5.41, 5.74) is 1.03. The zero-order valence-electron chi connectivity index (χ0n) is 22.9. The van der Waals surface area contributed by atoms with Gasteiger partial charge in [0.05, 0.1) is 6.04 Å². The largest absolute Gasteiger partial charge is 0.457 e. The van der Waals surface area contributed by atoms with E-state index in [-0.39, 0.29) is 16.9 Å². The minimum absolute atomic E-state index is 0.0390. The lowest BCUT2D eigenvalue weighted by atomic mass is 9.97. The van der Waals surface area contributed by atoms with E-state index in [1.54, 1.807) is 44.2 Å². The van der Waals surface area contributed by atoms with Gasteiger partial charge in [0.25, 0.3) is 6.02 Å².